The first-order valence-corrected chi connectivity index (χ1v) is 8.44. The lowest BCUT2D eigenvalue weighted by molar-refractivity contribution is -0.120. The molecule has 27 heavy (non-hydrogen) atoms. The van der Waals surface area contributed by atoms with Crippen molar-refractivity contribution < 1.29 is 18.0 Å². The molecule has 4 rings (SSSR count). The van der Waals surface area contributed by atoms with E-state index in [9.17, 15) is 18.0 Å². The third-order valence-corrected chi connectivity index (χ3v) is 4.66. The van der Waals surface area contributed by atoms with Crippen LogP contribution >= 0.6 is 0 Å². The normalized spacial score (nSPS) is 16.0. The highest BCUT2D eigenvalue weighted by Gasteiger charge is 2.28. The quantitative estimate of drug-likeness (QED) is 0.715. The average molecular weight is 372 g/mol. The molecule has 0 saturated carbocycles. The van der Waals surface area contributed by atoms with Crippen LogP contribution < -0.4 is 5.32 Å². The van der Waals surface area contributed by atoms with Gasteiger partial charge in [0.05, 0.1) is 6.20 Å². The summed E-state index contributed by atoms with van der Waals surface area (Å²) in [6.07, 6.45) is 3.71. The summed E-state index contributed by atoms with van der Waals surface area (Å²) in [6.45, 7) is 0.501. The number of carbonyl (C=O) groups is 1. The molecule has 1 aliphatic heterocycles. The number of anilines is 1. The zero-order valence-electron chi connectivity index (χ0n) is 14.1. The summed E-state index contributed by atoms with van der Waals surface area (Å²) in [7, 11) is 0. The molecule has 1 atom stereocenters. The molecule has 3 heterocycles. The third kappa shape index (κ3) is 3.42. The average Bonchev–Trinajstić information content (AvgIpc) is 3.05. The molecule has 1 aliphatic rings. The molecule has 1 aromatic carbocycles. The summed E-state index contributed by atoms with van der Waals surface area (Å²) in [5, 5.41) is 6.93. The molecule has 0 aliphatic carbocycles. The number of aryl methyl sites for hydroxylation is 1. The fraction of sp³-hybridized carbons (Fsp3) is 0.211. The topological polar surface area (TPSA) is 59.8 Å². The maximum absolute atomic E-state index is 14.2. The number of nitrogens with zero attached hydrogens (tertiary/aromatic N) is 3. The highest BCUT2D eigenvalue weighted by atomic mass is 19.1. The molecule has 1 unspecified atom stereocenters. The summed E-state index contributed by atoms with van der Waals surface area (Å²) in [5.41, 5.74) is 1.83. The number of carbonyl (C=O) groups excluding carboxylic acids is 1. The van der Waals surface area contributed by atoms with Crippen LogP contribution in [0.5, 0.6) is 0 Å². The van der Waals surface area contributed by atoms with Gasteiger partial charge in [-0.25, -0.2) is 13.8 Å². The highest BCUT2D eigenvalue weighted by molar-refractivity contribution is 5.92. The Balaban J connectivity index is 1.57. The van der Waals surface area contributed by atoms with E-state index in [-0.39, 0.29) is 17.4 Å². The Bertz CT molecular complexity index is 1020. The molecule has 3 aromatic rings. The van der Waals surface area contributed by atoms with Gasteiger partial charge < -0.3 is 5.32 Å². The number of halogens is 3. The minimum absolute atomic E-state index is 0.245. The summed E-state index contributed by atoms with van der Waals surface area (Å²) >= 11 is 0. The first-order valence-electron chi connectivity index (χ1n) is 8.44. The number of pyridine rings is 1. The lowest BCUT2D eigenvalue weighted by Crippen LogP contribution is -2.30. The molecule has 5 nitrogen and oxygen atoms in total. The second-order valence-corrected chi connectivity index (χ2v) is 6.40. The first-order chi connectivity index (χ1) is 13.0. The van der Waals surface area contributed by atoms with Crippen LogP contribution in [0.1, 0.15) is 12.1 Å². The lowest BCUT2D eigenvalue weighted by atomic mass is 9.91. The zero-order chi connectivity index (χ0) is 19.0. The Kier molecular flexibility index (Phi) is 4.39. The van der Waals surface area contributed by atoms with Crippen molar-refractivity contribution in [1.29, 1.82) is 0 Å². The van der Waals surface area contributed by atoms with Gasteiger partial charge in [0.15, 0.2) is 0 Å². The third-order valence-electron chi connectivity index (χ3n) is 4.66. The molecule has 0 radical (unpaired) electrons. The van der Waals surface area contributed by atoms with Gasteiger partial charge in [-0.15, -0.1) is 0 Å². The Labute approximate surface area is 152 Å². The van der Waals surface area contributed by atoms with E-state index in [1.54, 1.807) is 4.68 Å². The van der Waals surface area contributed by atoms with E-state index in [0.717, 1.165) is 12.1 Å². The molecule has 1 amide bonds. The van der Waals surface area contributed by atoms with Crippen molar-refractivity contribution in [3.63, 3.8) is 0 Å². The maximum Gasteiger partial charge on any atom is 0.227 e. The number of benzene rings is 1. The summed E-state index contributed by atoms with van der Waals surface area (Å²) in [5.74, 6) is -2.63. The number of aromatic nitrogens is 3. The van der Waals surface area contributed by atoms with E-state index in [0.29, 0.717) is 36.3 Å². The minimum atomic E-state index is -0.677. The number of fused-ring (bicyclic) bond motifs is 1. The van der Waals surface area contributed by atoms with Crippen molar-refractivity contribution in [3.8, 4) is 11.1 Å². The molecule has 0 fully saturated rings. The largest absolute Gasteiger partial charge is 0.326 e. The first kappa shape index (κ1) is 17.3. The second kappa shape index (κ2) is 6.86. The number of rotatable bonds is 3. The highest BCUT2D eigenvalue weighted by Crippen LogP contribution is 2.32. The summed E-state index contributed by atoms with van der Waals surface area (Å²) < 4.78 is 42.3. The number of nitrogens with one attached hydrogen (secondary N) is 1. The minimum Gasteiger partial charge on any atom is -0.326 e. The molecule has 0 saturated heterocycles. The van der Waals surface area contributed by atoms with E-state index < -0.39 is 17.6 Å². The molecule has 138 valence electrons. The zero-order valence-corrected chi connectivity index (χ0v) is 14.1. The van der Waals surface area contributed by atoms with Crippen LogP contribution in [0.25, 0.3) is 11.1 Å². The van der Waals surface area contributed by atoms with Gasteiger partial charge in [-0.1, -0.05) is 0 Å². The van der Waals surface area contributed by atoms with Crippen molar-refractivity contribution in [1.82, 2.24) is 14.8 Å². The van der Waals surface area contributed by atoms with Crippen molar-refractivity contribution in [2.45, 2.75) is 19.4 Å². The fourth-order valence-electron chi connectivity index (χ4n) is 3.31. The van der Waals surface area contributed by atoms with Crippen molar-refractivity contribution >= 4 is 11.6 Å². The van der Waals surface area contributed by atoms with E-state index in [2.05, 4.69) is 15.4 Å². The SMILES string of the molecule is O=C(Nc1ccnc(F)c1)C1CCn2ncc(-c3ccc(F)cc3F)c2C1. The molecule has 8 heteroatoms. The van der Waals surface area contributed by atoms with Crippen LogP contribution in [0.4, 0.5) is 18.9 Å². The molecule has 2 aromatic heterocycles. The molecule has 0 spiro atoms. The van der Waals surface area contributed by atoms with Gasteiger partial charge >= 0.3 is 0 Å². The van der Waals surface area contributed by atoms with Crippen molar-refractivity contribution in [3.05, 3.63) is 66.0 Å². The molecular formula is C19H15F3N4O. The van der Waals surface area contributed by atoms with E-state index in [4.69, 9.17) is 0 Å². The predicted octanol–water partition coefficient (Wildman–Crippen LogP) is 3.56. The smallest absolute Gasteiger partial charge is 0.227 e. The number of hydrogen-bond acceptors (Lipinski definition) is 3. The van der Waals surface area contributed by atoms with Crippen LogP contribution in [-0.2, 0) is 17.8 Å². The molecule has 1 N–H and O–H groups in total. The van der Waals surface area contributed by atoms with Crippen LogP contribution in [0.15, 0.2) is 42.7 Å². The van der Waals surface area contributed by atoms with Crippen LogP contribution in [-0.4, -0.2) is 20.7 Å². The summed E-state index contributed by atoms with van der Waals surface area (Å²) in [4.78, 5) is 16.0. The van der Waals surface area contributed by atoms with Crippen LogP contribution in [0.3, 0.4) is 0 Å². The predicted molar refractivity (Wildman–Crippen MR) is 92.2 cm³/mol. The Morgan fingerprint density at radius 3 is 2.78 bits per heavy atom. The molecule has 0 bridgehead atoms. The van der Waals surface area contributed by atoms with Gasteiger partial charge in [0, 0.05) is 59.7 Å². The number of hydrogen-bond donors (Lipinski definition) is 1. The van der Waals surface area contributed by atoms with Crippen LogP contribution in [0, 0.1) is 23.5 Å². The van der Waals surface area contributed by atoms with Gasteiger partial charge in [0.2, 0.25) is 11.9 Å². The Hall–Kier alpha value is -3.16. The fourth-order valence-corrected chi connectivity index (χ4v) is 3.31. The number of amides is 1. The van der Waals surface area contributed by atoms with Gasteiger partial charge in [-0.3, -0.25) is 9.48 Å². The maximum atomic E-state index is 14.2. The summed E-state index contributed by atoms with van der Waals surface area (Å²) in [6, 6.07) is 6.03. The van der Waals surface area contributed by atoms with Gasteiger partial charge in [0.1, 0.15) is 11.6 Å². The van der Waals surface area contributed by atoms with Gasteiger partial charge in [-0.05, 0) is 24.6 Å². The Morgan fingerprint density at radius 2 is 2.00 bits per heavy atom. The van der Waals surface area contributed by atoms with Crippen LogP contribution in [0.2, 0.25) is 0 Å². The lowest BCUT2D eigenvalue weighted by Gasteiger charge is -2.23. The van der Waals surface area contributed by atoms with E-state index in [1.807, 2.05) is 0 Å². The second-order valence-electron chi connectivity index (χ2n) is 6.40. The monoisotopic (exact) mass is 372 g/mol. The van der Waals surface area contributed by atoms with Crippen molar-refractivity contribution in [2.75, 3.05) is 5.32 Å². The van der Waals surface area contributed by atoms with E-state index >= 15 is 0 Å². The Morgan fingerprint density at radius 1 is 1.15 bits per heavy atom. The van der Waals surface area contributed by atoms with Gasteiger partial charge in [-0.2, -0.15) is 9.49 Å². The van der Waals surface area contributed by atoms with Crippen molar-refractivity contribution in [2.24, 2.45) is 5.92 Å². The molecular weight excluding hydrogens is 357 g/mol. The van der Waals surface area contributed by atoms with E-state index in [1.165, 1.54) is 30.6 Å². The standard InChI is InChI=1S/C19H15F3N4O/c20-12-1-2-14(16(21)8-12)15-10-24-26-6-4-11(7-17(15)26)19(27)25-13-3-5-23-18(22)9-13/h1-3,5,8-11H,4,6-7H2,(H,23,25,27). The van der Waals surface area contributed by atoms with Gasteiger partial charge in [0.25, 0.3) is 0 Å².